The molecule has 0 radical (unpaired) electrons. The molecule has 0 bridgehead atoms. The average molecular weight is 263 g/mol. The molecule has 20 heavy (non-hydrogen) atoms. The molecule has 0 aliphatic heterocycles. The third kappa shape index (κ3) is 3.11. The molecule has 4 heteroatoms. The molecule has 3 aromatic rings. The summed E-state index contributed by atoms with van der Waals surface area (Å²) in [5.74, 6) is 1.17. The molecule has 4 nitrogen and oxygen atoms in total. The van der Waals surface area contributed by atoms with Crippen LogP contribution in [0.5, 0.6) is 0 Å². The van der Waals surface area contributed by atoms with Gasteiger partial charge in [0.1, 0.15) is 19.3 Å². The van der Waals surface area contributed by atoms with Crippen LogP contribution in [0.3, 0.4) is 0 Å². The summed E-state index contributed by atoms with van der Waals surface area (Å²) in [5.41, 5.74) is 1.84. The maximum Gasteiger partial charge on any atom is 0.135 e. The van der Waals surface area contributed by atoms with E-state index in [2.05, 4.69) is 20.6 Å². The number of rotatable bonds is 4. The molecule has 0 saturated carbocycles. The maximum absolute atomic E-state index is 7.71. The fourth-order valence-corrected chi connectivity index (χ4v) is 1.79. The van der Waals surface area contributed by atoms with Crippen molar-refractivity contribution in [2.45, 2.75) is 0 Å². The standard InChI is InChI=1S/C16H14N4/c1-3-7-13(8-4-1)19-15-11-16(18-12-17-15)20-14-9-5-2-6-10-14/h1-12H,(H2,17,18,19,20)/i12D. The highest BCUT2D eigenvalue weighted by Crippen LogP contribution is 2.18. The van der Waals surface area contributed by atoms with Crippen LogP contribution in [0, 0.1) is 0 Å². The Bertz CT molecular complexity index is 657. The van der Waals surface area contributed by atoms with Crippen molar-refractivity contribution in [2.24, 2.45) is 0 Å². The first-order valence-electron chi connectivity index (χ1n) is 6.79. The molecule has 1 aromatic heterocycles. The van der Waals surface area contributed by atoms with Gasteiger partial charge in [-0.15, -0.1) is 0 Å². The van der Waals surface area contributed by atoms with E-state index in [0.717, 1.165) is 11.4 Å². The fraction of sp³-hybridized carbons (Fsp3) is 0. The van der Waals surface area contributed by atoms with E-state index in [0.29, 0.717) is 11.6 Å². The predicted octanol–water partition coefficient (Wildman–Crippen LogP) is 3.96. The number of benzene rings is 2. The average Bonchev–Trinajstić information content (AvgIpc) is 2.48. The van der Waals surface area contributed by atoms with E-state index in [1.165, 1.54) is 0 Å². The Morgan fingerprint density at radius 1 is 0.700 bits per heavy atom. The van der Waals surface area contributed by atoms with Gasteiger partial charge in [0.05, 0.1) is 0 Å². The molecular formula is C16H14N4. The minimum Gasteiger partial charge on any atom is -0.340 e. The number of hydrogen-bond acceptors (Lipinski definition) is 4. The van der Waals surface area contributed by atoms with Crippen LogP contribution in [0.4, 0.5) is 23.0 Å². The number of para-hydroxylation sites is 2. The van der Waals surface area contributed by atoms with Gasteiger partial charge in [-0.3, -0.25) is 0 Å². The summed E-state index contributed by atoms with van der Waals surface area (Å²) < 4.78 is 7.71. The molecule has 1 heterocycles. The second-order valence-corrected chi connectivity index (χ2v) is 4.22. The first-order chi connectivity index (χ1) is 10.3. The summed E-state index contributed by atoms with van der Waals surface area (Å²) in [6.45, 7) is 0. The third-order valence-electron chi connectivity index (χ3n) is 2.71. The Kier molecular flexibility index (Phi) is 3.21. The van der Waals surface area contributed by atoms with Gasteiger partial charge in [0, 0.05) is 17.4 Å². The van der Waals surface area contributed by atoms with E-state index >= 15 is 0 Å². The number of nitrogens with one attached hydrogen (secondary N) is 2. The van der Waals surface area contributed by atoms with Gasteiger partial charge in [0.2, 0.25) is 0 Å². The number of anilines is 4. The number of aromatic nitrogens is 2. The van der Waals surface area contributed by atoms with Crippen molar-refractivity contribution in [3.63, 3.8) is 0 Å². The highest BCUT2D eigenvalue weighted by atomic mass is 15.1. The van der Waals surface area contributed by atoms with Gasteiger partial charge in [-0.05, 0) is 24.3 Å². The molecule has 0 amide bonds. The first-order valence-corrected chi connectivity index (χ1v) is 6.29. The monoisotopic (exact) mass is 263 g/mol. The highest BCUT2D eigenvalue weighted by Gasteiger charge is 1.99. The van der Waals surface area contributed by atoms with Crippen LogP contribution in [0.2, 0.25) is 0 Å². The van der Waals surface area contributed by atoms with Gasteiger partial charge in [-0.25, -0.2) is 9.97 Å². The van der Waals surface area contributed by atoms with Crippen LogP contribution >= 0.6 is 0 Å². The van der Waals surface area contributed by atoms with Gasteiger partial charge in [-0.2, -0.15) is 0 Å². The van der Waals surface area contributed by atoms with Crippen LogP contribution in [-0.4, -0.2) is 9.97 Å². The van der Waals surface area contributed by atoms with E-state index in [9.17, 15) is 0 Å². The summed E-state index contributed by atoms with van der Waals surface area (Å²) >= 11 is 0. The maximum atomic E-state index is 7.71. The Labute approximate surface area is 118 Å². The molecule has 0 fully saturated rings. The smallest absolute Gasteiger partial charge is 0.135 e. The van der Waals surface area contributed by atoms with E-state index in [1.54, 1.807) is 6.07 Å². The molecular weight excluding hydrogens is 248 g/mol. The zero-order chi connectivity index (χ0) is 14.5. The van der Waals surface area contributed by atoms with E-state index in [-0.39, 0.29) is 6.30 Å². The number of nitrogens with zero attached hydrogens (tertiary/aromatic N) is 2. The molecule has 0 aliphatic carbocycles. The summed E-state index contributed by atoms with van der Waals surface area (Å²) in [6, 6.07) is 21.2. The predicted molar refractivity (Wildman–Crippen MR) is 81.5 cm³/mol. The second kappa shape index (κ2) is 5.84. The first kappa shape index (κ1) is 11.0. The molecule has 3 rings (SSSR count). The molecule has 2 N–H and O–H groups in total. The quantitative estimate of drug-likeness (QED) is 0.748. The molecule has 0 spiro atoms. The van der Waals surface area contributed by atoms with Crippen LogP contribution in [0.15, 0.2) is 73.0 Å². The van der Waals surface area contributed by atoms with Gasteiger partial charge in [0.25, 0.3) is 0 Å². The lowest BCUT2D eigenvalue weighted by molar-refractivity contribution is 1.17. The fourth-order valence-electron chi connectivity index (χ4n) is 1.79. The van der Waals surface area contributed by atoms with Gasteiger partial charge >= 0.3 is 0 Å². The Balaban J connectivity index is 1.83. The minimum atomic E-state index is -0.0330. The molecule has 0 aliphatic rings. The molecule has 2 aromatic carbocycles. The van der Waals surface area contributed by atoms with Crippen molar-refractivity contribution >= 4 is 23.0 Å². The van der Waals surface area contributed by atoms with Crippen LogP contribution < -0.4 is 10.6 Å². The van der Waals surface area contributed by atoms with Crippen molar-refractivity contribution in [3.05, 3.63) is 73.0 Å². The normalized spacial score (nSPS) is 10.7. The van der Waals surface area contributed by atoms with Crippen molar-refractivity contribution < 1.29 is 1.37 Å². The van der Waals surface area contributed by atoms with E-state index in [4.69, 9.17) is 1.37 Å². The summed E-state index contributed by atoms with van der Waals surface area (Å²) in [7, 11) is 0. The largest absolute Gasteiger partial charge is 0.340 e. The molecule has 0 unspecified atom stereocenters. The summed E-state index contributed by atoms with van der Waals surface area (Å²) in [6.07, 6.45) is -0.0330. The van der Waals surface area contributed by atoms with Gasteiger partial charge < -0.3 is 10.6 Å². The molecule has 0 saturated heterocycles. The summed E-state index contributed by atoms with van der Waals surface area (Å²) in [4.78, 5) is 8.15. The topological polar surface area (TPSA) is 49.8 Å². The Morgan fingerprint density at radius 3 is 1.60 bits per heavy atom. The van der Waals surface area contributed by atoms with Gasteiger partial charge in [-0.1, -0.05) is 36.4 Å². The van der Waals surface area contributed by atoms with E-state index < -0.39 is 0 Å². The van der Waals surface area contributed by atoms with Crippen LogP contribution in [0.25, 0.3) is 0 Å². The van der Waals surface area contributed by atoms with Gasteiger partial charge in [0.15, 0.2) is 0 Å². The lowest BCUT2D eigenvalue weighted by Crippen LogP contribution is -1.98. The third-order valence-corrected chi connectivity index (χ3v) is 2.71. The molecule has 0 atom stereocenters. The Morgan fingerprint density at radius 2 is 1.15 bits per heavy atom. The van der Waals surface area contributed by atoms with Crippen molar-refractivity contribution in [2.75, 3.05) is 10.6 Å². The molecule has 98 valence electrons. The van der Waals surface area contributed by atoms with E-state index in [1.807, 2.05) is 60.7 Å². The SMILES string of the molecule is [2H]c1nc(Nc2ccccc2)cc(Nc2ccccc2)n1. The lowest BCUT2D eigenvalue weighted by Gasteiger charge is -2.08. The minimum absolute atomic E-state index is 0.0330. The van der Waals surface area contributed by atoms with Crippen molar-refractivity contribution in [3.8, 4) is 0 Å². The summed E-state index contributed by atoms with van der Waals surface area (Å²) in [5, 5.41) is 6.32. The number of hydrogen-bond donors (Lipinski definition) is 2. The van der Waals surface area contributed by atoms with Crippen LogP contribution in [0.1, 0.15) is 1.37 Å². The van der Waals surface area contributed by atoms with Crippen molar-refractivity contribution in [1.82, 2.24) is 9.97 Å². The Hall–Kier alpha value is -2.88. The van der Waals surface area contributed by atoms with Crippen molar-refractivity contribution in [1.29, 1.82) is 0 Å². The lowest BCUT2D eigenvalue weighted by atomic mass is 10.3. The second-order valence-electron chi connectivity index (χ2n) is 4.22. The highest BCUT2D eigenvalue weighted by molar-refractivity contribution is 5.62. The zero-order valence-electron chi connectivity index (χ0n) is 11.7. The zero-order valence-corrected chi connectivity index (χ0v) is 10.7. The van der Waals surface area contributed by atoms with Crippen LogP contribution in [-0.2, 0) is 0 Å².